The van der Waals surface area contributed by atoms with Crippen molar-refractivity contribution in [3.05, 3.63) is 35.6 Å². The third-order valence-electron chi connectivity index (χ3n) is 2.90. The molecule has 0 radical (unpaired) electrons. The van der Waals surface area contributed by atoms with Gasteiger partial charge in [0.2, 0.25) is 0 Å². The molecular formula is C12H12ClN3. The standard InChI is InChI=1S/C12H12ClN3/c13-10-4-2-1-3-9(10)11-12(14)16(7-15-11)8-5-6-8/h1-4,7-8H,5-6,14H2. The molecular weight excluding hydrogens is 222 g/mol. The summed E-state index contributed by atoms with van der Waals surface area (Å²) < 4.78 is 2.04. The average Bonchev–Trinajstić information content (AvgIpc) is 3.05. The lowest BCUT2D eigenvalue weighted by Gasteiger charge is -2.04. The van der Waals surface area contributed by atoms with E-state index >= 15 is 0 Å². The van der Waals surface area contributed by atoms with Crippen LogP contribution in [-0.4, -0.2) is 9.55 Å². The Morgan fingerprint density at radius 3 is 2.75 bits per heavy atom. The van der Waals surface area contributed by atoms with Gasteiger partial charge < -0.3 is 10.3 Å². The Balaban J connectivity index is 2.10. The van der Waals surface area contributed by atoms with Gasteiger partial charge >= 0.3 is 0 Å². The first-order valence-electron chi connectivity index (χ1n) is 5.34. The summed E-state index contributed by atoms with van der Waals surface area (Å²) in [6, 6.07) is 8.19. The van der Waals surface area contributed by atoms with Crippen LogP contribution in [0.1, 0.15) is 18.9 Å². The second-order valence-corrected chi connectivity index (χ2v) is 4.50. The van der Waals surface area contributed by atoms with Crippen LogP contribution in [0.5, 0.6) is 0 Å². The second-order valence-electron chi connectivity index (χ2n) is 4.10. The molecule has 1 aliphatic rings. The first-order chi connectivity index (χ1) is 7.77. The average molecular weight is 234 g/mol. The molecule has 1 aliphatic carbocycles. The number of halogens is 1. The van der Waals surface area contributed by atoms with E-state index in [1.807, 2.05) is 35.2 Å². The van der Waals surface area contributed by atoms with Gasteiger partial charge in [-0.1, -0.05) is 29.8 Å². The number of nitrogen functional groups attached to an aromatic ring is 1. The van der Waals surface area contributed by atoms with Crippen LogP contribution in [0.4, 0.5) is 5.82 Å². The molecule has 1 aromatic carbocycles. The molecule has 1 saturated carbocycles. The molecule has 0 aliphatic heterocycles. The molecule has 1 fully saturated rings. The number of benzene rings is 1. The topological polar surface area (TPSA) is 43.8 Å². The van der Waals surface area contributed by atoms with E-state index < -0.39 is 0 Å². The van der Waals surface area contributed by atoms with Crippen LogP contribution >= 0.6 is 11.6 Å². The maximum atomic E-state index is 6.13. The first-order valence-corrected chi connectivity index (χ1v) is 5.72. The number of aromatic nitrogens is 2. The Kier molecular flexibility index (Phi) is 2.14. The molecule has 0 spiro atoms. The van der Waals surface area contributed by atoms with Crippen molar-refractivity contribution in [2.75, 3.05) is 5.73 Å². The van der Waals surface area contributed by atoms with Crippen LogP contribution < -0.4 is 5.73 Å². The Morgan fingerprint density at radius 2 is 2.06 bits per heavy atom. The van der Waals surface area contributed by atoms with Gasteiger partial charge in [0.25, 0.3) is 0 Å². The van der Waals surface area contributed by atoms with Crippen LogP contribution in [0.25, 0.3) is 11.3 Å². The van der Waals surface area contributed by atoms with E-state index in [0.29, 0.717) is 11.1 Å². The largest absolute Gasteiger partial charge is 0.383 e. The van der Waals surface area contributed by atoms with Gasteiger partial charge in [-0.2, -0.15) is 0 Å². The van der Waals surface area contributed by atoms with Crippen molar-refractivity contribution in [2.24, 2.45) is 0 Å². The Morgan fingerprint density at radius 1 is 1.31 bits per heavy atom. The molecule has 0 amide bonds. The summed E-state index contributed by atoms with van der Waals surface area (Å²) in [5.74, 6) is 0.718. The third kappa shape index (κ3) is 1.48. The fourth-order valence-electron chi connectivity index (χ4n) is 1.88. The van der Waals surface area contributed by atoms with Gasteiger partial charge in [-0.05, 0) is 18.9 Å². The van der Waals surface area contributed by atoms with Crippen molar-refractivity contribution in [2.45, 2.75) is 18.9 Å². The van der Waals surface area contributed by atoms with Crippen molar-refractivity contribution in [3.63, 3.8) is 0 Å². The van der Waals surface area contributed by atoms with Crippen LogP contribution in [0.3, 0.4) is 0 Å². The highest BCUT2D eigenvalue weighted by atomic mass is 35.5. The highest BCUT2D eigenvalue weighted by Gasteiger charge is 2.26. The summed E-state index contributed by atoms with van der Waals surface area (Å²) in [4.78, 5) is 4.36. The fraction of sp³-hybridized carbons (Fsp3) is 0.250. The van der Waals surface area contributed by atoms with Gasteiger partial charge in [0.1, 0.15) is 11.5 Å². The smallest absolute Gasteiger partial charge is 0.131 e. The summed E-state index contributed by atoms with van der Waals surface area (Å²) in [6.45, 7) is 0. The number of nitrogens with two attached hydrogens (primary N) is 1. The Labute approximate surface area is 98.9 Å². The molecule has 2 N–H and O–H groups in total. The number of rotatable bonds is 2. The van der Waals surface area contributed by atoms with Crippen molar-refractivity contribution in [1.82, 2.24) is 9.55 Å². The molecule has 82 valence electrons. The van der Waals surface area contributed by atoms with Gasteiger partial charge in [-0.25, -0.2) is 4.98 Å². The number of hydrogen-bond donors (Lipinski definition) is 1. The van der Waals surface area contributed by atoms with E-state index in [1.165, 1.54) is 12.8 Å². The zero-order valence-electron chi connectivity index (χ0n) is 8.73. The normalized spacial score (nSPS) is 15.3. The lowest BCUT2D eigenvalue weighted by Crippen LogP contribution is -1.99. The minimum absolute atomic E-state index is 0.545. The minimum Gasteiger partial charge on any atom is -0.383 e. The fourth-order valence-corrected chi connectivity index (χ4v) is 2.10. The molecule has 16 heavy (non-hydrogen) atoms. The van der Waals surface area contributed by atoms with Gasteiger partial charge in [-0.3, -0.25) is 0 Å². The van der Waals surface area contributed by atoms with Crippen molar-refractivity contribution < 1.29 is 0 Å². The van der Waals surface area contributed by atoms with Crippen LogP contribution in [0.2, 0.25) is 5.02 Å². The lowest BCUT2D eigenvalue weighted by atomic mass is 10.1. The van der Waals surface area contributed by atoms with Crippen molar-refractivity contribution in [3.8, 4) is 11.3 Å². The summed E-state index contributed by atoms with van der Waals surface area (Å²) in [5, 5.41) is 0.690. The summed E-state index contributed by atoms with van der Waals surface area (Å²) in [6.07, 6.45) is 4.21. The minimum atomic E-state index is 0.545. The quantitative estimate of drug-likeness (QED) is 0.866. The molecule has 3 rings (SSSR count). The highest BCUT2D eigenvalue weighted by Crippen LogP contribution is 2.40. The molecule has 0 atom stereocenters. The zero-order chi connectivity index (χ0) is 11.1. The SMILES string of the molecule is Nc1c(-c2ccccc2Cl)ncn1C1CC1. The van der Waals surface area contributed by atoms with E-state index in [1.54, 1.807) is 0 Å². The van der Waals surface area contributed by atoms with E-state index in [9.17, 15) is 0 Å². The Hall–Kier alpha value is -1.48. The van der Waals surface area contributed by atoms with Crippen molar-refractivity contribution >= 4 is 17.4 Å². The summed E-state index contributed by atoms with van der Waals surface area (Å²) in [5.41, 5.74) is 7.78. The van der Waals surface area contributed by atoms with Gasteiger partial charge in [0.15, 0.2) is 0 Å². The van der Waals surface area contributed by atoms with E-state index in [0.717, 1.165) is 17.1 Å². The Bertz CT molecular complexity index is 529. The molecule has 0 unspecified atom stereocenters. The second kappa shape index (κ2) is 3.52. The maximum absolute atomic E-state index is 6.13. The number of nitrogens with zero attached hydrogens (tertiary/aromatic N) is 2. The molecule has 3 nitrogen and oxygen atoms in total. The van der Waals surface area contributed by atoms with E-state index in [4.69, 9.17) is 17.3 Å². The third-order valence-corrected chi connectivity index (χ3v) is 3.23. The van der Waals surface area contributed by atoms with Crippen LogP contribution in [0, 0.1) is 0 Å². The van der Waals surface area contributed by atoms with Crippen LogP contribution in [0.15, 0.2) is 30.6 Å². The number of anilines is 1. The molecule has 4 heteroatoms. The number of imidazole rings is 1. The van der Waals surface area contributed by atoms with E-state index in [2.05, 4.69) is 4.98 Å². The van der Waals surface area contributed by atoms with Gasteiger partial charge in [-0.15, -0.1) is 0 Å². The molecule has 2 aromatic rings. The zero-order valence-corrected chi connectivity index (χ0v) is 9.48. The summed E-state index contributed by atoms with van der Waals surface area (Å²) >= 11 is 6.13. The van der Waals surface area contributed by atoms with Gasteiger partial charge in [0, 0.05) is 11.6 Å². The predicted octanol–water partition coefficient (Wildman–Crippen LogP) is 3.12. The molecule has 0 bridgehead atoms. The van der Waals surface area contributed by atoms with Crippen LogP contribution in [-0.2, 0) is 0 Å². The lowest BCUT2D eigenvalue weighted by molar-refractivity contribution is 0.751. The molecule has 0 saturated heterocycles. The first kappa shape index (κ1) is 9.73. The van der Waals surface area contributed by atoms with E-state index in [-0.39, 0.29) is 0 Å². The molecule has 1 aromatic heterocycles. The maximum Gasteiger partial charge on any atom is 0.131 e. The highest BCUT2D eigenvalue weighted by molar-refractivity contribution is 6.33. The van der Waals surface area contributed by atoms with Gasteiger partial charge in [0.05, 0.1) is 11.3 Å². The predicted molar refractivity (Wildman–Crippen MR) is 65.4 cm³/mol. The molecule has 1 heterocycles. The summed E-state index contributed by atoms with van der Waals surface area (Å²) in [7, 11) is 0. The monoisotopic (exact) mass is 233 g/mol. The van der Waals surface area contributed by atoms with Crippen molar-refractivity contribution in [1.29, 1.82) is 0 Å². The number of hydrogen-bond acceptors (Lipinski definition) is 2.